The predicted molar refractivity (Wildman–Crippen MR) is 73.3 cm³/mol. The fourth-order valence-electron chi connectivity index (χ4n) is 2.06. The van der Waals surface area contributed by atoms with E-state index in [0.29, 0.717) is 10.0 Å². The molecule has 1 aromatic rings. The highest BCUT2D eigenvalue weighted by Gasteiger charge is 2.31. The van der Waals surface area contributed by atoms with Crippen LogP contribution in [0.1, 0.15) is 30.9 Å². The lowest BCUT2D eigenvalue weighted by Gasteiger charge is -2.34. The van der Waals surface area contributed by atoms with Crippen molar-refractivity contribution in [3.63, 3.8) is 0 Å². The van der Waals surface area contributed by atoms with Gasteiger partial charge in [0, 0.05) is 5.56 Å². The summed E-state index contributed by atoms with van der Waals surface area (Å²) in [5, 5.41) is 19.9. The lowest BCUT2D eigenvalue weighted by atomic mass is 9.77. The molecule has 0 aromatic heterocycles. The van der Waals surface area contributed by atoms with Crippen LogP contribution in [0.3, 0.4) is 0 Å². The molecule has 3 nitrogen and oxygen atoms in total. The molecule has 17 heavy (non-hydrogen) atoms. The molecule has 2 atom stereocenters. The monoisotopic (exact) mass is 321 g/mol. The van der Waals surface area contributed by atoms with Crippen molar-refractivity contribution in [2.24, 2.45) is 11.7 Å². The van der Waals surface area contributed by atoms with Crippen molar-refractivity contribution in [2.45, 2.75) is 31.4 Å². The molecule has 1 saturated carbocycles. The van der Waals surface area contributed by atoms with Crippen LogP contribution in [-0.4, -0.2) is 16.3 Å². The minimum Gasteiger partial charge on any atom is -0.506 e. The summed E-state index contributed by atoms with van der Waals surface area (Å²) in [5.41, 5.74) is 6.59. The summed E-state index contributed by atoms with van der Waals surface area (Å²) in [6.07, 6.45) is 2.67. The molecular weight excluding hydrogens is 305 g/mol. The zero-order chi connectivity index (χ0) is 11.7. The molecule has 0 saturated heterocycles. The van der Waals surface area contributed by atoms with Crippen LogP contribution in [0.15, 0.2) is 22.7 Å². The molecule has 0 aliphatic heterocycles. The van der Waals surface area contributed by atoms with E-state index in [0.717, 1.165) is 12.8 Å². The van der Waals surface area contributed by atoms with Crippen molar-refractivity contribution < 1.29 is 10.2 Å². The van der Waals surface area contributed by atoms with Crippen LogP contribution in [0, 0.1) is 5.92 Å². The number of aliphatic hydroxyl groups excluding tert-OH is 1. The van der Waals surface area contributed by atoms with Gasteiger partial charge in [-0.15, -0.1) is 12.4 Å². The number of benzene rings is 1. The average Bonchev–Trinajstić information content (AvgIpc) is 2.18. The predicted octanol–water partition coefficient (Wildman–Crippen LogP) is 2.74. The summed E-state index contributed by atoms with van der Waals surface area (Å²) < 4.78 is 0.612. The maximum absolute atomic E-state index is 10.1. The van der Waals surface area contributed by atoms with Gasteiger partial charge in [0.15, 0.2) is 0 Å². The number of hydrogen-bond acceptors (Lipinski definition) is 3. The maximum atomic E-state index is 10.1. The molecule has 4 N–H and O–H groups in total. The smallest absolute Gasteiger partial charge is 0.134 e. The first-order valence-corrected chi connectivity index (χ1v) is 6.31. The van der Waals surface area contributed by atoms with Crippen molar-refractivity contribution in [3.05, 3.63) is 28.2 Å². The topological polar surface area (TPSA) is 66.5 Å². The molecule has 1 aliphatic carbocycles. The Hall–Kier alpha value is -0.290. The first kappa shape index (κ1) is 14.8. The molecule has 0 radical (unpaired) electrons. The summed E-state index contributed by atoms with van der Waals surface area (Å²) in [6.45, 7) is 0. The Morgan fingerprint density at radius 3 is 2.53 bits per heavy atom. The normalized spacial score (nSPS) is 19.0. The van der Waals surface area contributed by atoms with Crippen molar-refractivity contribution in [1.29, 1.82) is 0 Å². The highest BCUT2D eigenvalue weighted by molar-refractivity contribution is 9.10. The number of rotatable bonds is 3. The third kappa shape index (κ3) is 2.94. The van der Waals surface area contributed by atoms with E-state index in [2.05, 4.69) is 15.9 Å². The Kier molecular flexibility index (Phi) is 5.25. The fraction of sp³-hybridized carbons (Fsp3) is 0.500. The second-order valence-corrected chi connectivity index (χ2v) is 5.24. The molecule has 1 fully saturated rings. The third-order valence-electron chi connectivity index (χ3n) is 3.38. The van der Waals surface area contributed by atoms with Crippen LogP contribution in [0.25, 0.3) is 0 Å². The van der Waals surface area contributed by atoms with Gasteiger partial charge in [-0.1, -0.05) is 18.6 Å². The average molecular weight is 323 g/mol. The molecule has 0 amide bonds. The molecule has 0 bridgehead atoms. The lowest BCUT2D eigenvalue weighted by Crippen LogP contribution is -2.36. The molecule has 2 rings (SSSR count). The number of phenolic OH excluding ortho intramolecular Hbond substituents is 1. The number of aliphatic hydroxyl groups is 1. The summed E-state index contributed by atoms with van der Waals surface area (Å²) in [7, 11) is 0. The molecule has 1 aromatic carbocycles. The Labute approximate surface area is 116 Å². The highest BCUT2D eigenvalue weighted by Crippen LogP contribution is 2.38. The van der Waals surface area contributed by atoms with Gasteiger partial charge in [0.05, 0.1) is 16.6 Å². The van der Waals surface area contributed by atoms with E-state index in [-0.39, 0.29) is 24.1 Å². The van der Waals surface area contributed by atoms with Gasteiger partial charge in [0.25, 0.3) is 0 Å². The van der Waals surface area contributed by atoms with Gasteiger partial charge >= 0.3 is 0 Å². The zero-order valence-electron chi connectivity index (χ0n) is 9.34. The Morgan fingerprint density at radius 1 is 1.35 bits per heavy atom. The molecular formula is C12H17BrClNO2. The number of halogens is 2. The van der Waals surface area contributed by atoms with E-state index < -0.39 is 12.1 Å². The molecule has 5 heteroatoms. The number of nitrogens with two attached hydrogens (primary N) is 1. The van der Waals surface area contributed by atoms with Crippen LogP contribution < -0.4 is 5.73 Å². The SMILES string of the molecule is Cl.N[C@@H](c1cccc(Br)c1O)[C@H](O)C1CCC1. The minimum atomic E-state index is -0.561. The van der Waals surface area contributed by atoms with Gasteiger partial charge in [0.1, 0.15) is 5.75 Å². The highest BCUT2D eigenvalue weighted by atomic mass is 79.9. The summed E-state index contributed by atoms with van der Waals surface area (Å²) in [4.78, 5) is 0. The van der Waals surface area contributed by atoms with E-state index in [9.17, 15) is 10.2 Å². The van der Waals surface area contributed by atoms with Crippen molar-refractivity contribution in [2.75, 3.05) is 0 Å². The van der Waals surface area contributed by atoms with Crippen LogP contribution >= 0.6 is 28.3 Å². The van der Waals surface area contributed by atoms with E-state index in [1.165, 1.54) is 6.42 Å². The van der Waals surface area contributed by atoms with Gasteiger partial charge < -0.3 is 15.9 Å². The van der Waals surface area contributed by atoms with E-state index >= 15 is 0 Å². The molecule has 0 unspecified atom stereocenters. The standard InChI is InChI=1S/C12H16BrNO2.ClH/c13-9-6-2-5-8(12(9)16)10(14)11(15)7-3-1-4-7;/h2,5-7,10-11,15-16H,1,3-4,14H2;1H/t10-,11+;/m0./s1. The maximum Gasteiger partial charge on any atom is 0.134 e. The van der Waals surface area contributed by atoms with Gasteiger partial charge in [-0.05, 0) is 40.8 Å². The summed E-state index contributed by atoms with van der Waals surface area (Å²) >= 11 is 3.24. The summed E-state index contributed by atoms with van der Waals surface area (Å²) in [5.74, 6) is 0.418. The number of phenols is 1. The fourth-order valence-corrected chi connectivity index (χ4v) is 2.44. The van der Waals surface area contributed by atoms with E-state index in [4.69, 9.17) is 5.73 Å². The van der Waals surface area contributed by atoms with Crippen LogP contribution in [-0.2, 0) is 0 Å². The first-order valence-electron chi connectivity index (χ1n) is 5.52. The van der Waals surface area contributed by atoms with Crippen molar-refractivity contribution >= 4 is 28.3 Å². The zero-order valence-corrected chi connectivity index (χ0v) is 11.7. The Bertz CT molecular complexity index is 385. The number of aromatic hydroxyl groups is 1. The summed E-state index contributed by atoms with van der Waals surface area (Å²) in [6, 6.07) is 4.81. The number of hydrogen-bond donors (Lipinski definition) is 3. The second kappa shape index (κ2) is 6.05. The van der Waals surface area contributed by atoms with Crippen molar-refractivity contribution in [1.82, 2.24) is 0 Å². The second-order valence-electron chi connectivity index (χ2n) is 4.39. The van der Waals surface area contributed by atoms with Gasteiger partial charge in [-0.25, -0.2) is 0 Å². The Balaban J connectivity index is 0.00000144. The number of para-hydroxylation sites is 1. The molecule has 1 aliphatic rings. The minimum absolute atomic E-state index is 0. The van der Waals surface area contributed by atoms with Gasteiger partial charge in [-0.3, -0.25) is 0 Å². The van der Waals surface area contributed by atoms with E-state index in [1.54, 1.807) is 12.1 Å². The third-order valence-corrected chi connectivity index (χ3v) is 4.02. The molecule has 0 spiro atoms. The first-order chi connectivity index (χ1) is 7.61. The molecule has 96 valence electrons. The Morgan fingerprint density at radius 2 is 2.00 bits per heavy atom. The van der Waals surface area contributed by atoms with Crippen LogP contribution in [0.2, 0.25) is 0 Å². The quantitative estimate of drug-likeness (QED) is 0.801. The van der Waals surface area contributed by atoms with E-state index in [1.807, 2.05) is 6.07 Å². The van der Waals surface area contributed by atoms with Crippen LogP contribution in [0.4, 0.5) is 0 Å². The largest absolute Gasteiger partial charge is 0.506 e. The van der Waals surface area contributed by atoms with Gasteiger partial charge in [0.2, 0.25) is 0 Å². The van der Waals surface area contributed by atoms with Crippen molar-refractivity contribution in [3.8, 4) is 5.75 Å². The van der Waals surface area contributed by atoms with Gasteiger partial charge in [-0.2, -0.15) is 0 Å². The lowest BCUT2D eigenvalue weighted by molar-refractivity contribution is 0.0407. The van der Waals surface area contributed by atoms with Crippen LogP contribution in [0.5, 0.6) is 5.75 Å². The molecule has 0 heterocycles.